The number of esters is 1. The molecule has 3 heterocycles. The van der Waals surface area contributed by atoms with Gasteiger partial charge in [-0.15, -0.1) is 22.7 Å². The van der Waals surface area contributed by atoms with Crippen molar-refractivity contribution in [2.75, 3.05) is 0 Å². The van der Waals surface area contributed by atoms with Gasteiger partial charge in [0.05, 0.1) is 21.1 Å². The first-order valence-electron chi connectivity index (χ1n) is 8.84. The molecule has 0 bridgehead atoms. The lowest BCUT2D eigenvalue weighted by molar-refractivity contribution is -0.387. The highest BCUT2D eigenvalue weighted by molar-refractivity contribution is 8.01. The Hall–Kier alpha value is -3.09. The molecule has 0 atom stereocenters. The molecule has 0 aliphatic carbocycles. The van der Waals surface area contributed by atoms with E-state index in [4.69, 9.17) is 4.74 Å². The van der Waals surface area contributed by atoms with Crippen molar-refractivity contribution in [1.29, 1.82) is 0 Å². The Labute approximate surface area is 187 Å². The minimum absolute atomic E-state index is 0.0381. The Morgan fingerprint density at radius 2 is 2.03 bits per heavy atom. The minimum Gasteiger partial charge on any atom is -0.456 e. The molecule has 4 aromatic rings. The number of aryl methyl sites for hydroxylation is 2. The van der Waals surface area contributed by atoms with Gasteiger partial charge in [0.2, 0.25) is 0 Å². The summed E-state index contributed by atoms with van der Waals surface area (Å²) in [5.41, 5.74) is 1.49. The summed E-state index contributed by atoms with van der Waals surface area (Å²) >= 11 is 3.87. The quantitative estimate of drug-likeness (QED) is 0.231. The van der Waals surface area contributed by atoms with Crippen LogP contribution in [0.3, 0.4) is 0 Å². The van der Waals surface area contributed by atoms with Crippen molar-refractivity contribution in [3.05, 3.63) is 78.1 Å². The lowest BCUT2D eigenvalue weighted by Gasteiger charge is -2.06. The van der Waals surface area contributed by atoms with Crippen LogP contribution in [-0.2, 0) is 11.3 Å². The highest BCUT2D eigenvalue weighted by Crippen LogP contribution is 2.36. The molecular formula is C19H14N4O5S3. The maximum absolute atomic E-state index is 12.4. The molecule has 12 heteroatoms. The number of nitro benzene ring substituents is 1. The maximum Gasteiger partial charge on any atom is 0.338 e. The summed E-state index contributed by atoms with van der Waals surface area (Å²) in [6.45, 7) is 3.43. The molecule has 0 spiro atoms. The van der Waals surface area contributed by atoms with Crippen molar-refractivity contribution in [2.45, 2.75) is 29.7 Å². The van der Waals surface area contributed by atoms with Gasteiger partial charge in [-0.25, -0.2) is 14.8 Å². The van der Waals surface area contributed by atoms with Gasteiger partial charge < -0.3 is 4.74 Å². The van der Waals surface area contributed by atoms with Crippen LogP contribution in [0, 0.1) is 24.0 Å². The molecule has 0 saturated heterocycles. The van der Waals surface area contributed by atoms with Crippen LogP contribution < -0.4 is 5.56 Å². The van der Waals surface area contributed by atoms with E-state index in [-0.39, 0.29) is 23.4 Å². The van der Waals surface area contributed by atoms with E-state index in [0.717, 1.165) is 11.4 Å². The Bertz CT molecular complexity index is 1370. The van der Waals surface area contributed by atoms with Gasteiger partial charge in [-0.1, -0.05) is 11.8 Å². The van der Waals surface area contributed by atoms with E-state index < -0.39 is 10.9 Å². The van der Waals surface area contributed by atoms with Crippen LogP contribution in [-0.4, -0.2) is 25.3 Å². The Morgan fingerprint density at radius 3 is 2.74 bits per heavy atom. The molecule has 4 rings (SSSR count). The van der Waals surface area contributed by atoms with Gasteiger partial charge in [0.15, 0.2) is 9.30 Å². The SMILES string of the molecule is Cc1csc(Sc2ccc(C(=O)OCc3cc(=O)n4c(C)csc4n3)cc2[N+](=O)[O-])n1. The van der Waals surface area contributed by atoms with Gasteiger partial charge in [-0.05, 0) is 26.0 Å². The zero-order chi connectivity index (χ0) is 22.1. The van der Waals surface area contributed by atoms with Crippen LogP contribution >= 0.6 is 34.4 Å². The number of fused-ring (bicyclic) bond motifs is 1. The van der Waals surface area contributed by atoms with Crippen molar-refractivity contribution in [3.8, 4) is 0 Å². The fourth-order valence-electron chi connectivity index (χ4n) is 2.74. The van der Waals surface area contributed by atoms with Crippen LogP contribution in [0.2, 0.25) is 0 Å². The largest absolute Gasteiger partial charge is 0.456 e. The highest BCUT2D eigenvalue weighted by Gasteiger charge is 2.20. The third-order valence-electron chi connectivity index (χ3n) is 4.17. The maximum atomic E-state index is 12.4. The van der Waals surface area contributed by atoms with Crippen molar-refractivity contribution in [2.24, 2.45) is 0 Å². The summed E-state index contributed by atoms with van der Waals surface area (Å²) < 4.78 is 7.38. The highest BCUT2D eigenvalue weighted by atomic mass is 32.2. The summed E-state index contributed by atoms with van der Waals surface area (Å²) in [7, 11) is 0. The summed E-state index contributed by atoms with van der Waals surface area (Å²) in [6, 6.07) is 5.45. The number of aromatic nitrogens is 3. The van der Waals surface area contributed by atoms with Gasteiger partial charge in [-0.2, -0.15) is 0 Å². The number of hydrogen-bond acceptors (Lipinski definition) is 10. The molecular weight excluding hydrogens is 460 g/mol. The first-order valence-corrected chi connectivity index (χ1v) is 11.4. The topological polar surface area (TPSA) is 117 Å². The number of nitrogens with zero attached hydrogens (tertiary/aromatic N) is 4. The summed E-state index contributed by atoms with van der Waals surface area (Å²) in [5, 5.41) is 15.2. The fourth-order valence-corrected chi connectivity index (χ4v) is 5.51. The van der Waals surface area contributed by atoms with Crippen molar-refractivity contribution < 1.29 is 14.5 Å². The predicted molar refractivity (Wildman–Crippen MR) is 117 cm³/mol. The molecule has 158 valence electrons. The van der Waals surface area contributed by atoms with Crippen LogP contribution in [0.15, 0.2) is 49.1 Å². The van der Waals surface area contributed by atoms with Crippen LogP contribution in [0.5, 0.6) is 0 Å². The number of thiazole rings is 2. The van der Waals surface area contributed by atoms with E-state index in [0.29, 0.717) is 19.9 Å². The zero-order valence-corrected chi connectivity index (χ0v) is 18.7. The van der Waals surface area contributed by atoms with Crippen LogP contribution in [0.25, 0.3) is 4.96 Å². The molecule has 0 N–H and O–H groups in total. The first kappa shape index (κ1) is 21.2. The second kappa shape index (κ2) is 8.57. The average molecular weight is 475 g/mol. The number of carbonyl (C=O) groups is 1. The molecule has 0 amide bonds. The molecule has 31 heavy (non-hydrogen) atoms. The Morgan fingerprint density at radius 1 is 1.23 bits per heavy atom. The molecule has 3 aromatic heterocycles. The minimum atomic E-state index is -0.742. The molecule has 0 fully saturated rings. The van der Waals surface area contributed by atoms with Crippen molar-refractivity contribution >= 4 is 51.1 Å². The van der Waals surface area contributed by atoms with Gasteiger partial charge in [0.1, 0.15) is 6.61 Å². The number of nitro groups is 1. The molecule has 0 aliphatic heterocycles. The van der Waals surface area contributed by atoms with E-state index >= 15 is 0 Å². The summed E-state index contributed by atoms with van der Waals surface area (Å²) in [5.74, 6) is -0.742. The number of rotatable bonds is 6. The predicted octanol–water partition coefficient (Wildman–Crippen LogP) is 4.25. The van der Waals surface area contributed by atoms with Crippen molar-refractivity contribution in [1.82, 2.24) is 14.4 Å². The third-order valence-corrected chi connectivity index (χ3v) is 7.23. The normalized spacial score (nSPS) is 11.0. The number of ether oxygens (including phenoxy) is 1. The average Bonchev–Trinajstić information content (AvgIpc) is 3.31. The summed E-state index contributed by atoms with van der Waals surface area (Å²) in [4.78, 5) is 45.1. The van der Waals surface area contributed by atoms with E-state index in [1.54, 1.807) is 6.92 Å². The van der Waals surface area contributed by atoms with Gasteiger partial charge >= 0.3 is 5.97 Å². The molecule has 0 saturated carbocycles. The van der Waals surface area contributed by atoms with E-state index in [2.05, 4.69) is 9.97 Å². The second-order valence-electron chi connectivity index (χ2n) is 6.45. The second-order valence-corrected chi connectivity index (χ2v) is 9.44. The molecule has 0 unspecified atom stereocenters. The van der Waals surface area contributed by atoms with E-state index in [1.807, 2.05) is 17.7 Å². The third kappa shape index (κ3) is 4.50. The Balaban J connectivity index is 1.52. The monoisotopic (exact) mass is 474 g/mol. The Kier molecular flexibility index (Phi) is 5.85. The van der Waals surface area contributed by atoms with Crippen LogP contribution in [0.1, 0.15) is 27.4 Å². The number of carbonyl (C=O) groups excluding carboxylic acids is 1. The summed E-state index contributed by atoms with van der Waals surface area (Å²) in [6.07, 6.45) is 0. The fraction of sp³-hybridized carbons (Fsp3) is 0.158. The van der Waals surface area contributed by atoms with Gasteiger partial charge in [0, 0.05) is 34.3 Å². The first-order chi connectivity index (χ1) is 14.8. The standard InChI is InChI=1S/C19H14N4O5S3/c1-10-8-30-19(20-10)31-15-4-3-12(5-14(15)23(26)27)17(25)28-7-13-6-16(24)22-11(2)9-29-18(22)21-13/h3-6,8-9H,7H2,1-2H3. The van der Waals surface area contributed by atoms with Crippen LogP contribution in [0.4, 0.5) is 5.69 Å². The molecule has 1 aromatic carbocycles. The molecule has 0 aliphatic rings. The molecule has 0 radical (unpaired) electrons. The number of hydrogen-bond donors (Lipinski definition) is 0. The van der Waals surface area contributed by atoms with Crippen molar-refractivity contribution in [3.63, 3.8) is 0 Å². The van der Waals surface area contributed by atoms with E-state index in [9.17, 15) is 19.7 Å². The molecule has 9 nitrogen and oxygen atoms in total. The smallest absolute Gasteiger partial charge is 0.338 e. The lowest BCUT2D eigenvalue weighted by atomic mass is 10.2. The lowest BCUT2D eigenvalue weighted by Crippen LogP contribution is -2.16. The number of benzene rings is 1. The van der Waals surface area contributed by atoms with E-state index in [1.165, 1.54) is 63.1 Å². The van der Waals surface area contributed by atoms with Gasteiger partial charge in [-0.3, -0.25) is 19.3 Å². The zero-order valence-electron chi connectivity index (χ0n) is 16.2. The van der Waals surface area contributed by atoms with Gasteiger partial charge in [0.25, 0.3) is 11.2 Å².